The number of imidazole rings is 1. The highest BCUT2D eigenvalue weighted by molar-refractivity contribution is 5.55. The fraction of sp³-hybridized carbons (Fsp3) is 0.500. The van der Waals surface area contributed by atoms with Crippen molar-refractivity contribution in [2.45, 2.75) is 6.61 Å². The van der Waals surface area contributed by atoms with E-state index >= 15 is 0 Å². The van der Waals surface area contributed by atoms with Crippen molar-refractivity contribution in [3.63, 3.8) is 0 Å². The molecule has 0 spiro atoms. The average molecular weight is 279 g/mol. The maximum absolute atomic E-state index is 9.66. The van der Waals surface area contributed by atoms with E-state index in [4.69, 9.17) is 9.47 Å². The van der Waals surface area contributed by atoms with Gasteiger partial charge in [0.15, 0.2) is 5.82 Å². The second-order valence-corrected chi connectivity index (χ2v) is 4.44. The van der Waals surface area contributed by atoms with Crippen molar-refractivity contribution in [2.75, 3.05) is 45.4 Å². The molecule has 0 bridgehead atoms. The summed E-state index contributed by atoms with van der Waals surface area (Å²) in [5.74, 6) is 0.785. The van der Waals surface area contributed by atoms with Gasteiger partial charge in [0.25, 0.3) is 0 Å². The predicted octanol–water partition coefficient (Wildman–Crippen LogP) is 0.926. The number of hydrogen-bond donors (Lipinski definition) is 1. The summed E-state index contributed by atoms with van der Waals surface area (Å²) in [5, 5.41) is 9.66. The Kier molecular flexibility index (Phi) is 5.34. The predicted molar refractivity (Wildman–Crippen MR) is 77.1 cm³/mol. The third kappa shape index (κ3) is 3.09. The van der Waals surface area contributed by atoms with Crippen LogP contribution in [0.3, 0.4) is 0 Å². The van der Waals surface area contributed by atoms with Gasteiger partial charge in [-0.2, -0.15) is 0 Å². The topological polar surface area (TPSA) is 59.2 Å². The molecule has 2 aromatic heterocycles. The van der Waals surface area contributed by atoms with Crippen molar-refractivity contribution in [2.24, 2.45) is 0 Å². The van der Waals surface area contributed by atoms with Crippen LogP contribution in [0.4, 0.5) is 5.82 Å². The third-order valence-electron chi connectivity index (χ3n) is 3.19. The normalized spacial score (nSPS) is 11.2. The molecule has 110 valence electrons. The molecule has 6 heteroatoms. The highest BCUT2D eigenvalue weighted by Gasteiger charge is 2.17. The molecule has 0 radical (unpaired) electrons. The van der Waals surface area contributed by atoms with E-state index in [0.717, 1.165) is 17.2 Å². The van der Waals surface area contributed by atoms with Crippen LogP contribution >= 0.6 is 0 Å². The van der Waals surface area contributed by atoms with Crippen LogP contribution in [-0.2, 0) is 16.1 Å². The van der Waals surface area contributed by atoms with Gasteiger partial charge in [-0.25, -0.2) is 4.98 Å². The lowest BCUT2D eigenvalue weighted by molar-refractivity contribution is 0.189. The van der Waals surface area contributed by atoms with Crippen molar-refractivity contribution in [1.29, 1.82) is 0 Å². The molecule has 0 aliphatic heterocycles. The Bertz CT molecular complexity index is 533. The first-order valence-corrected chi connectivity index (χ1v) is 6.61. The highest BCUT2D eigenvalue weighted by Crippen LogP contribution is 2.21. The molecule has 0 atom stereocenters. The summed E-state index contributed by atoms with van der Waals surface area (Å²) >= 11 is 0. The second-order valence-electron chi connectivity index (χ2n) is 4.44. The molecule has 0 aromatic carbocycles. The number of anilines is 1. The summed E-state index contributed by atoms with van der Waals surface area (Å²) in [4.78, 5) is 6.68. The molecule has 0 unspecified atom stereocenters. The van der Waals surface area contributed by atoms with Crippen LogP contribution in [0.15, 0.2) is 24.4 Å². The number of rotatable bonds is 8. The SMILES string of the molecule is COCCN(CCOC)c1nc2ccccn2c1CO. The minimum absolute atomic E-state index is 0.0586. The standard InChI is InChI=1S/C14H21N3O3/c1-19-9-7-16(8-10-20-2)14-12(11-18)17-6-4-3-5-13(17)15-14/h3-6,18H,7-11H2,1-2H3. The Morgan fingerprint density at radius 3 is 2.50 bits per heavy atom. The maximum atomic E-state index is 9.66. The third-order valence-corrected chi connectivity index (χ3v) is 3.19. The minimum atomic E-state index is -0.0586. The zero-order chi connectivity index (χ0) is 14.4. The lowest BCUT2D eigenvalue weighted by atomic mass is 10.3. The molecular weight excluding hydrogens is 258 g/mol. The quantitative estimate of drug-likeness (QED) is 0.779. The van der Waals surface area contributed by atoms with Gasteiger partial charge < -0.3 is 19.5 Å². The number of aliphatic hydroxyl groups excluding tert-OH is 1. The van der Waals surface area contributed by atoms with Gasteiger partial charge in [-0.15, -0.1) is 0 Å². The molecule has 0 aliphatic rings. The van der Waals surface area contributed by atoms with Crippen LogP contribution in [0.2, 0.25) is 0 Å². The monoisotopic (exact) mass is 279 g/mol. The van der Waals surface area contributed by atoms with Gasteiger partial charge >= 0.3 is 0 Å². The van der Waals surface area contributed by atoms with E-state index < -0.39 is 0 Å². The Morgan fingerprint density at radius 1 is 1.20 bits per heavy atom. The van der Waals surface area contributed by atoms with Crippen molar-refractivity contribution in [3.05, 3.63) is 30.1 Å². The smallest absolute Gasteiger partial charge is 0.153 e. The molecule has 6 nitrogen and oxygen atoms in total. The number of aliphatic hydroxyl groups is 1. The van der Waals surface area contributed by atoms with E-state index in [1.54, 1.807) is 14.2 Å². The van der Waals surface area contributed by atoms with E-state index in [0.29, 0.717) is 26.3 Å². The Hall–Kier alpha value is -1.63. The van der Waals surface area contributed by atoms with Crippen LogP contribution in [0.1, 0.15) is 5.69 Å². The first-order valence-electron chi connectivity index (χ1n) is 6.61. The lowest BCUT2D eigenvalue weighted by Gasteiger charge is -2.22. The van der Waals surface area contributed by atoms with Crippen LogP contribution in [0.25, 0.3) is 5.65 Å². The Balaban J connectivity index is 2.35. The van der Waals surface area contributed by atoms with Gasteiger partial charge in [-0.3, -0.25) is 4.40 Å². The first-order chi connectivity index (χ1) is 9.81. The molecule has 0 saturated heterocycles. The van der Waals surface area contributed by atoms with Crippen LogP contribution < -0.4 is 4.90 Å². The zero-order valence-electron chi connectivity index (χ0n) is 12.0. The van der Waals surface area contributed by atoms with Gasteiger partial charge in [0.05, 0.1) is 25.5 Å². The van der Waals surface area contributed by atoms with E-state index in [2.05, 4.69) is 9.88 Å². The summed E-state index contributed by atoms with van der Waals surface area (Å²) in [6.07, 6.45) is 1.90. The van der Waals surface area contributed by atoms with E-state index in [9.17, 15) is 5.11 Å². The molecule has 2 rings (SSSR count). The molecular formula is C14H21N3O3. The fourth-order valence-electron chi connectivity index (χ4n) is 2.16. The van der Waals surface area contributed by atoms with Gasteiger partial charge in [-0.1, -0.05) is 6.07 Å². The maximum Gasteiger partial charge on any atom is 0.153 e. The van der Waals surface area contributed by atoms with Gasteiger partial charge in [0.2, 0.25) is 0 Å². The number of aromatic nitrogens is 2. The van der Waals surface area contributed by atoms with Gasteiger partial charge in [-0.05, 0) is 12.1 Å². The van der Waals surface area contributed by atoms with E-state index in [1.165, 1.54) is 0 Å². The lowest BCUT2D eigenvalue weighted by Crippen LogP contribution is -2.31. The van der Waals surface area contributed by atoms with Crippen LogP contribution in [0.5, 0.6) is 0 Å². The average Bonchev–Trinajstić information content (AvgIpc) is 2.85. The van der Waals surface area contributed by atoms with Gasteiger partial charge in [0.1, 0.15) is 5.65 Å². The number of hydrogen-bond acceptors (Lipinski definition) is 5. The Morgan fingerprint density at radius 2 is 1.90 bits per heavy atom. The largest absolute Gasteiger partial charge is 0.390 e. The molecule has 2 heterocycles. The molecule has 2 aromatic rings. The van der Waals surface area contributed by atoms with Gasteiger partial charge in [0, 0.05) is 33.5 Å². The van der Waals surface area contributed by atoms with E-state index in [-0.39, 0.29) is 6.61 Å². The number of fused-ring (bicyclic) bond motifs is 1. The zero-order valence-corrected chi connectivity index (χ0v) is 12.0. The van der Waals surface area contributed by atoms with Crippen molar-refractivity contribution in [3.8, 4) is 0 Å². The molecule has 0 fully saturated rings. The van der Waals surface area contributed by atoms with Crippen LogP contribution in [0, 0.1) is 0 Å². The number of ether oxygens (including phenoxy) is 2. The van der Waals surface area contributed by atoms with Crippen molar-refractivity contribution < 1.29 is 14.6 Å². The molecule has 0 aliphatic carbocycles. The summed E-state index contributed by atoms with van der Waals surface area (Å²) in [6.45, 7) is 2.55. The fourth-order valence-corrected chi connectivity index (χ4v) is 2.16. The van der Waals surface area contributed by atoms with E-state index in [1.807, 2.05) is 28.8 Å². The molecule has 20 heavy (non-hydrogen) atoms. The second kappa shape index (κ2) is 7.23. The highest BCUT2D eigenvalue weighted by atomic mass is 16.5. The molecule has 0 amide bonds. The number of pyridine rings is 1. The Labute approximate surface area is 118 Å². The summed E-state index contributed by atoms with van der Waals surface area (Å²) in [6, 6.07) is 5.78. The van der Waals surface area contributed by atoms with Crippen molar-refractivity contribution in [1.82, 2.24) is 9.38 Å². The summed E-state index contributed by atoms with van der Waals surface area (Å²) in [5.41, 5.74) is 1.61. The summed E-state index contributed by atoms with van der Waals surface area (Å²) < 4.78 is 12.2. The minimum Gasteiger partial charge on any atom is -0.390 e. The van der Waals surface area contributed by atoms with Crippen LogP contribution in [-0.4, -0.2) is 55.0 Å². The molecule has 0 saturated carbocycles. The number of methoxy groups -OCH3 is 2. The first kappa shape index (κ1) is 14.8. The van der Waals surface area contributed by atoms with Crippen molar-refractivity contribution >= 4 is 11.5 Å². The number of nitrogens with zero attached hydrogens (tertiary/aromatic N) is 3. The molecule has 1 N–H and O–H groups in total. The summed E-state index contributed by atoms with van der Waals surface area (Å²) in [7, 11) is 3.34.